The molecule has 0 aliphatic rings. The van der Waals surface area contributed by atoms with E-state index in [1.54, 1.807) is 27.0 Å². The lowest BCUT2D eigenvalue weighted by Gasteiger charge is -2.19. The molecule has 0 heterocycles. The van der Waals surface area contributed by atoms with Crippen molar-refractivity contribution < 1.29 is 17.9 Å². The minimum atomic E-state index is -3.74. The smallest absolute Gasteiger partial charge is 0.244 e. The summed E-state index contributed by atoms with van der Waals surface area (Å²) < 4.78 is 32.2. The van der Waals surface area contributed by atoms with Crippen LogP contribution in [0.15, 0.2) is 41.3 Å². The van der Waals surface area contributed by atoms with Crippen molar-refractivity contribution in [1.82, 2.24) is 4.31 Å². The molecule has 0 radical (unpaired) electrons. The fourth-order valence-corrected chi connectivity index (χ4v) is 4.86. The first-order valence-corrected chi connectivity index (χ1v) is 10.8. The number of nitrogens with one attached hydrogen (secondary N) is 1. The van der Waals surface area contributed by atoms with Gasteiger partial charge < -0.3 is 10.1 Å². The molecule has 0 spiro atoms. The fraction of sp³-hybridized carbons (Fsp3) is 0.350. The number of anilines is 1. The number of hydrogen-bond acceptors (Lipinski definition) is 4. The summed E-state index contributed by atoms with van der Waals surface area (Å²) in [5.74, 6) is 0.346. The molecule has 2 rings (SSSR count). The molecule has 0 aliphatic heterocycles. The summed E-state index contributed by atoms with van der Waals surface area (Å²) in [6, 6.07) is 10.0. The molecule has 0 aliphatic carbocycles. The number of carbonyl (C=O) groups excluding carboxylic acids is 1. The zero-order valence-electron chi connectivity index (χ0n) is 16.5. The van der Waals surface area contributed by atoms with Crippen molar-refractivity contribution in [3.63, 3.8) is 0 Å². The molecule has 1 N–H and O–H groups in total. The van der Waals surface area contributed by atoms with Crippen LogP contribution in [0.4, 0.5) is 5.69 Å². The Morgan fingerprint density at radius 1 is 1.14 bits per heavy atom. The predicted molar refractivity (Wildman–Crippen MR) is 112 cm³/mol. The van der Waals surface area contributed by atoms with E-state index in [0.29, 0.717) is 24.5 Å². The first kappa shape index (κ1) is 22.2. The van der Waals surface area contributed by atoms with Gasteiger partial charge in [0.05, 0.1) is 18.6 Å². The lowest BCUT2D eigenvalue weighted by molar-refractivity contribution is -0.115. The molecule has 152 valence electrons. The number of methoxy groups -OCH3 is 1. The SMILES string of the molecule is CCN(CC)S(=O)(=O)c1cc(NC(=O)Cc2cc(C)ccc2OC)ccc1Cl. The van der Waals surface area contributed by atoms with Gasteiger partial charge in [0.1, 0.15) is 10.6 Å². The lowest BCUT2D eigenvalue weighted by Crippen LogP contribution is -2.31. The van der Waals surface area contributed by atoms with Gasteiger partial charge in [-0.3, -0.25) is 4.79 Å². The second kappa shape index (κ2) is 9.41. The van der Waals surface area contributed by atoms with E-state index in [0.717, 1.165) is 11.1 Å². The van der Waals surface area contributed by atoms with Crippen molar-refractivity contribution in [1.29, 1.82) is 0 Å². The molecule has 0 bridgehead atoms. The minimum absolute atomic E-state index is 0.0243. The van der Waals surface area contributed by atoms with Crippen molar-refractivity contribution in [2.45, 2.75) is 32.1 Å². The molecule has 8 heteroatoms. The van der Waals surface area contributed by atoms with Crippen molar-refractivity contribution >= 4 is 33.2 Å². The second-order valence-corrected chi connectivity index (χ2v) is 8.59. The van der Waals surface area contributed by atoms with Crippen LogP contribution < -0.4 is 10.1 Å². The van der Waals surface area contributed by atoms with E-state index in [1.807, 2.05) is 25.1 Å². The molecule has 0 aromatic heterocycles. The average molecular weight is 425 g/mol. The Hall–Kier alpha value is -2.09. The van der Waals surface area contributed by atoms with Gasteiger partial charge >= 0.3 is 0 Å². The van der Waals surface area contributed by atoms with E-state index in [9.17, 15) is 13.2 Å². The van der Waals surface area contributed by atoms with Gasteiger partial charge in [0.2, 0.25) is 15.9 Å². The number of ether oxygens (including phenoxy) is 1. The molecule has 2 aromatic carbocycles. The number of sulfonamides is 1. The highest BCUT2D eigenvalue weighted by molar-refractivity contribution is 7.89. The molecule has 0 saturated heterocycles. The molecule has 0 unspecified atom stereocenters. The Morgan fingerprint density at radius 3 is 2.43 bits per heavy atom. The molecule has 28 heavy (non-hydrogen) atoms. The Morgan fingerprint density at radius 2 is 1.82 bits per heavy atom. The van der Waals surface area contributed by atoms with Crippen LogP contribution in [0.3, 0.4) is 0 Å². The van der Waals surface area contributed by atoms with Gasteiger partial charge in [0.25, 0.3) is 0 Å². The number of halogens is 1. The Kier molecular flexibility index (Phi) is 7.46. The van der Waals surface area contributed by atoms with Crippen LogP contribution in [-0.2, 0) is 21.2 Å². The number of benzene rings is 2. The summed E-state index contributed by atoms with van der Waals surface area (Å²) in [6.45, 7) is 6.12. The third-order valence-corrected chi connectivity index (χ3v) is 6.86. The van der Waals surface area contributed by atoms with E-state index in [1.165, 1.54) is 16.4 Å². The largest absolute Gasteiger partial charge is 0.496 e. The van der Waals surface area contributed by atoms with Gasteiger partial charge in [-0.25, -0.2) is 8.42 Å². The standard InChI is InChI=1S/C20H25ClN2O4S/c1-5-23(6-2)28(25,26)19-13-16(8-9-17(19)21)22-20(24)12-15-11-14(3)7-10-18(15)27-4/h7-11,13H,5-6,12H2,1-4H3,(H,22,24). The molecule has 0 fully saturated rings. The van der Waals surface area contributed by atoms with Crippen molar-refractivity contribution in [2.24, 2.45) is 0 Å². The summed E-state index contributed by atoms with van der Waals surface area (Å²) in [5, 5.41) is 2.86. The van der Waals surface area contributed by atoms with Crippen molar-refractivity contribution in [3.8, 4) is 5.75 Å². The molecule has 0 saturated carbocycles. The number of hydrogen-bond donors (Lipinski definition) is 1. The summed E-state index contributed by atoms with van der Waals surface area (Å²) in [4.78, 5) is 12.5. The van der Waals surface area contributed by atoms with Crippen LogP contribution in [0, 0.1) is 6.92 Å². The molecule has 2 aromatic rings. The van der Waals surface area contributed by atoms with Gasteiger partial charge in [-0.1, -0.05) is 43.1 Å². The quantitative estimate of drug-likeness (QED) is 0.697. The number of carbonyl (C=O) groups is 1. The third kappa shape index (κ3) is 5.04. The van der Waals surface area contributed by atoms with Gasteiger partial charge in [-0.15, -0.1) is 0 Å². The summed E-state index contributed by atoms with van der Waals surface area (Å²) in [6.07, 6.45) is 0.103. The Labute approximate surface area is 171 Å². The Bertz CT molecular complexity index is 957. The Balaban J connectivity index is 2.26. The van der Waals surface area contributed by atoms with Crippen molar-refractivity contribution in [3.05, 3.63) is 52.5 Å². The molecule has 1 amide bonds. The molecular weight excluding hydrogens is 400 g/mol. The first-order valence-electron chi connectivity index (χ1n) is 8.96. The highest BCUT2D eigenvalue weighted by Crippen LogP contribution is 2.28. The minimum Gasteiger partial charge on any atom is -0.496 e. The maximum atomic E-state index is 12.8. The van der Waals surface area contributed by atoms with E-state index >= 15 is 0 Å². The number of rotatable bonds is 8. The maximum Gasteiger partial charge on any atom is 0.244 e. The number of amides is 1. The van der Waals surface area contributed by atoms with E-state index in [2.05, 4.69) is 5.32 Å². The first-order chi connectivity index (χ1) is 13.2. The predicted octanol–water partition coefficient (Wildman–Crippen LogP) is 3.87. The second-order valence-electron chi connectivity index (χ2n) is 6.27. The van der Waals surface area contributed by atoms with E-state index in [4.69, 9.17) is 16.3 Å². The van der Waals surface area contributed by atoms with Gasteiger partial charge in [-0.2, -0.15) is 4.31 Å². The number of nitrogens with zero attached hydrogens (tertiary/aromatic N) is 1. The van der Waals surface area contributed by atoms with Crippen molar-refractivity contribution in [2.75, 3.05) is 25.5 Å². The van der Waals surface area contributed by atoms with Crippen LogP contribution >= 0.6 is 11.6 Å². The summed E-state index contributed by atoms with van der Waals surface area (Å²) in [5.41, 5.74) is 2.14. The topological polar surface area (TPSA) is 75.7 Å². The van der Waals surface area contributed by atoms with Crippen LogP contribution in [0.2, 0.25) is 5.02 Å². The van der Waals surface area contributed by atoms with Gasteiger partial charge in [-0.05, 0) is 31.2 Å². The van der Waals surface area contributed by atoms with Gasteiger partial charge in [0, 0.05) is 24.3 Å². The van der Waals surface area contributed by atoms with Crippen LogP contribution in [0.25, 0.3) is 0 Å². The van der Waals surface area contributed by atoms with E-state index < -0.39 is 10.0 Å². The molecular formula is C20H25ClN2O4S. The lowest BCUT2D eigenvalue weighted by atomic mass is 10.1. The molecule has 0 atom stereocenters. The third-order valence-electron chi connectivity index (χ3n) is 4.33. The van der Waals surface area contributed by atoms with E-state index in [-0.39, 0.29) is 22.2 Å². The van der Waals surface area contributed by atoms with Crippen LogP contribution in [-0.4, -0.2) is 38.8 Å². The zero-order chi connectivity index (χ0) is 20.9. The average Bonchev–Trinajstić information content (AvgIpc) is 2.64. The summed E-state index contributed by atoms with van der Waals surface area (Å²) in [7, 11) is -2.18. The normalized spacial score (nSPS) is 11.5. The highest BCUT2D eigenvalue weighted by Gasteiger charge is 2.25. The zero-order valence-corrected chi connectivity index (χ0v) is 18.0. The number of aryl methyl sites for hydroxylation is 1. The maximum absolute atomic E-state index is 12.8. The van der Waals surface area contributed by atoms with Crippen LogP contribution in [0.5, 0.6) is 5.75 Å². The van der Waals surface area contributed by atoms with Gasteiger partial charge in [0.15, 0.2) is 0 Å². The monoisotopic (exact) mass is 424 g/mol. The molecule has 6 nitrogen and oxygen atoms in total. The van der Waals surface area contributed by atoms with Crippen LogP contribution in [0.1, 0.15) is 25.0 Å². The summed E-state index contributed by atoms with van der Waals surface area (Å²) >= 11 is 6.13. The highest BCUT2D eigenvalue weighted by atomic mass is 35.5. The fourth-order valence-electron chi connectivity index (χ4n) is 2.91.